The van der Waals surface area contributed by atoms with E-state index in [1.807, 2.05) is 0 Å². The Bertz CT molecular complexity index is 1090. The van der Waals surface area contributed by atoms with Crippen molar-refractivity contribution in [2.24, 2.45) is 0 Å². The predicted octanol–water partition coefficient (Wildman–Crippen LogP) is 4.14. The van der Waals surface area contributed by atoms with Crippen LogP contribution in [0, 0.1) is 5.82 Å². The van der Waals surface area contributed by atoms with E-state index in [-0.39, 0.29) is 11.7 Å². The quantitative estimate of drug-likeness (QED) is 0.504. The van der Waals surface area contributed by atoms with Gasteiger partial charge in [0.25, 0.3) is 0 Å². The molecule has 27 heavy (non-hydrogen) atoms. The number of pyridine rings is 1. The van der Waals surface area contributed by atoms with E-state index in [0.29, 0.717) is 16.9 Å². The van der Waals surface area contributed by atoms with Gasteiger partial charge in [0, 0.05) is 29.7 Å². The summed E-state index contributed by atoms with van der Waals surface area (Å²) in [5, 5.41) is 6.68. The molecule has 6 nitrogen and oxygen atoms in total. The average molecular weight is 375 g/mol. The highest BCUT2D eigenvalue weighted by Crippen LogP contribution is 2.29. The van der Waals surface area contributed by atoms with Gasteiger partial charge in [-0.2, -0.15) is 13.2 Å². The minimum atomic E-state index is -4.62. The molecule has 136 valence electrons. The lowest BCUT2D eigenvalue weighted by molar-refractivity contribution is -0.145. The number of aromatic nitrogens is 5. The first kappa shape index (κ1) is 16.9. The Balaban J connectivity index is 1.62. The monoisotopic (exact) mass is 375 g/mol. The van der Waals surface area contributed by atoms with Crippen molar-refractivity contribution in [1.82, 2.24) is 24.6 Å². The number of benzene rings is 1. The van der Waals surface area contributed by atoms with Crippen LogP contribution in [0.2, 0.25) is 0 Å². The highest BCUT2D eigenvalue weighted by molar-refractivity contribution is 5.63. The SMILES string of the molecule is Fc1ccc(Oc2ncc(-c3ccc4nnc(C(F)(F)F)n4c3)cn2)cc1. The third kappa shape index (κ3) is 3.41. The van der Waals surface area contributed by atoms with Crippen molar-refractivity contribution < 1.29 is 22.3 Å². The molecule has 0 radical (unpaired) electrons. The second-order valence-corrected chi connectivity index (χ2v) is 5.48. The second kappa shape index (κ2) is 6.31. The lowest BCUT2D eigenvalue weighted by Crippen LogP contribution is -2.10. The number of fused-ring (bicyclic) bond motifs is 1. The minimum Gasteiger partial charge on any atom is -0.424 e. The molecule has 0 fully saturated rings. The maximum atomic E-state index is 13.0. The number of hydrogen-bond donors (Lipinski definition) is 0. The van der Waals surface area contributed by atoms with Crippen molar-refractivity contribution in [2.75, 3.05) is 0 Å². The zero-order chi connectivity index (χ0) is 19.0. The Morgan fingerprint density at radius 3 is 2.22 bits per heavy atom. The zero-order valence-electron chi connectivity index (χ0n) is 13.4. The number of ether oxygens (including phenoxy) is 1. The summed E-state index contributed by atoms with van der Waals surface area (Å²) in [5.74, 6) is -1.16. The molecule has 0 N–H and O–H groups in total. The number of hydrogen-bond acceptors (Lipinski definition) is 5. The predicted molar refractivity (Wildman–Crippen MR) is 85.5 cm³/mol. The largest absolute Gasteiger partial charge is 0.452 e. The van der Waals surface area contributed by atoms with Crippen LogP contribution in [0.1, 0.15) is 5.82 Å². The fraction of sp³-hybridized carbons (Fsp3) is 0.0588. The molecule has 0 aliphatic heterocycles. The fourth-order valence-electron chi connectivity index (χ4n) is 2.38. The van der Waals surface area contributed by atoms with Crippen LogP contribution in [0.3, 0.4) is 0 Å². The third-order valence-electron chi connectivity index (χ3n) is 3.64. The molecule has 0 amide bonds. The van der Waals surface area contributed by atoms with Crippen LogP contribution in [-0.2, 0) is 6.18 Å². The number of nitrogens with zero attached hydrogens (tertiary/aromatic N) is 5. The first-order valence-electron chi connectivity index (χ1n) is 7.58. The van der Waals surface area contributed by atoms with Gasteiger partial charge in [-0.25, -0.2) is 14.4 Å². The molecule has 0 unspecified atom stereocenters. The van der Waals surface area contributed by atoms with Crippen molar-refractivity contribution in [1.29, 1.82) is 0 Å². The van der Waals surface area contributed by atoms with Crippen LogP contribution in [-0.4, -0.2) is 24.6 Å². The molecule has 0 saturated heterocycles. The van der Waals surface area contributed by atoms with E-state index >= 15 is 0 Å². The fourth-order valence-corrected chi connectivity index (χ4v) is 2.38. The molecular formula is C17H9F4N5O. The number of rotatable bonds is 3. The molecule has 0 aliphatic carbocycles. The van der Waals surface area contributed by atoms with Gasteiger partial charge < -0.3 is 4.74 Å². The first-order valence-corrected chi connectivity index (χ1v) is 7.58. The molecule has 0 aliphatic rings. The summed E-state index contributed by atoms with van der Waals surface area (Å²) in [4.78, 5) is 8.04. The van der Waals surface area contributed by atoms with Crippen LogP contribution < -0.4 is 4.74 Å². The van der Waals surface area contributed by atoms with Crippen molar-refractivity contribution in [2.45, 2.75) is 6.18 Å². The van der Waals surface area contributed by atoms with E-state index < -0.39 is 17.8 Å². The van der Waals surface area contributed by atoms with Gasteiger partial charge in [0.05, 0.1) is 0 Å². The van der Waals surface area contributed by atoms with E-state index in [0.717, 1.165) is 4.40 Å². The van der Waals surface area contributed by atoms with Crippen molar-refractivity contribution in [3.8, 4) is 22.9 Å². The van der Waals surface area contributed by atoms with E-state index in [1.165, 1.54) is 48.9 Å². The Hall–Kier alpha value is -3.56. The lowest BCUT2D eigenvalue weighted by atomic mass is 10.1. The highest BCUT2D eigenvalue weighted by atomic mass is 19.4. The second-order valence-electron chi connectivity index (χ2n) is 5.48. The normalized spacial score (nSPS) is 11.7. The van der Waals surface area contributed by atoms with Crippen LogP contribution in [0.25, 0.3) is 16.8 Å². The van der Waals surface area contributed by atoms with E-state index in [1.54, 1.807) is 6.07 Å². The average Bonchev–Trinajstić information content (AvgIpc) is 3.08. The maximum absolute atomic E-state index is 13.0. The highest BCUT2D eigenvalue weighted by Gasteiger charge is 2.36. The molecular weight excluding hydrogens is 366 g/mol. The lowest BCUT2D eigenvalue weighted by Gasteiger charge is -2.07. The summed E-state index contributed by atoms with van der Waals surface area (Å²) >= 11 is 0. The molecule has 0 atom stereocenters. The summed E-state index contributed by atoms with van der Waals surface area (Å²) in [6.07, 6.45) is -0.548. The molecule has 3 heterocycles. The topological polar surface area (TPSA) is 65.2 Å². The van der Waals surface area contributed by atoms with Crippen molar-refractivity contribution >= 4 is 5.65 Å². The van der Waals surface area contributed by atoms with Gasteiger partial charge in [-0.1, -0.05) is 0 Å². The summed E-state index contributed by atoms with van der Waals surface area (Å²) in [6, 6.07) is 8.33. The van der Waals surface area contributed by atoms with E-state index in [2.05, 4.69) is 20.2 Å². The zero-order valence-corrected chi connectivity index (χ0v) is 13.4. The van der Waals surface area contributed by atoms with Gasteiger partial charge in [-0.15, -0.1) is 10.2 Å². The summed E-state index contributed by atoms with van der Waals surface area (Å²) in [6.45, 7) is 0. The van der Waals surface area contributed by atoms with Gasteiger partial charge in [0.2, 0.25) is 5.82 Å². The first-order chi connectivity index (χ1) is 12.9. The molecule has 4 rings (SSSR count). The molecule has 4 aromatic rings. The van der Waals surface area contributed by atoms with Crippen LogP contribution in [0.15, 0.2) is 55.0 Å². The van der Waals surface area contributed by atoms with Gasteiger partial charge in [-0.05, 0) is 36.4 Å². The van der Waals surface area contributed by atoms with Crippen molar-refractivity contribution in [3.63, 3.8) is 0 Å². The molecule has 3 aromatic heterocycles. The standard InChI is InChI=1S/C17H9F4N5O/c18-12-2-4-13(5-3-12)27-16-22-7-11(8-23-16)10-1-6-14-24-25-15(17(19,20)21)26(14)9-10/h1-9H. The summed E-state index contributed by atoms with van der Waals surface area (Å²) in [5.41, 5.74) is 0.995. The molecule has 10 heteroatoms. The number of halogens is 4. The van der Waals surface area contributed by atoms with Gasteiger partial charge >= 0.3 is 12.2 Å². The molecule has 0 saturated carbocycles. The van der Waals surface area contributed by atoms with Gasteiger partial charge in [0.15, 0.2) is 5.65 Å². The Kier molecular flexibility index (Phi) is 3.94. The minimum absolute atomic E-state index is 0.0201. The molecule has 1 aromatic carbocycles. The van der Waals surface area contributed by atoms with E-state index in [9.17, 15) is 17.6 Å². The van der Waals surface area contributed by atoms with Gasteiger partial charge in [-0.3, -0.25) is 4.40 Å². The maximum Gasteiger partial charge on any atom is 0.452 e. The Labute approximate surface area is 149 Å². The number of alkyl halides is 3. The Morgan fingerprint density at radius 2 is 1.56 bits per heavy atom. The smallest absolute Gasteiger partial charge is 0.424 e. The van der Waals surface area contributed by atoms with E-state index in [4.69, 9.17) is 4.74 Å². The van der Waals surface area contributed by atoms with Crippen LogP contribution >= 0.6 is 0 Å². The van der Waals surface area contributed by atoms with Crippen molar-refractivity contribution in [3.05, 3.63) is 66.6 Å². The summed E-state index contributed by atoms with van der Waals surface area (Å²) < 4.78 is 58.1. The van der Waals surface area contributed by atoms with Crippen LogP contribution in [0.5, 0.6) is 11.8 Å². The molecule has 0 spiro atoms. The van der Waals surface area contributed by atoms with Gasteiger partial charge in [0.1, 0.15) is 11.6 Å². The van der Waals surface area contributed by atoms with Crippen LogP contribution in [0.4, 0.5) is 17.6 Å². The summed E-state index contributed by atoms with van der Waals surface area (Å²) in [7, 11) is 0. The third-order valence-corrected chi connectivity index (χ3v) is 3.64. The Morgan fingerprint density at radius 1 is 0.852 bits per heavy atom. The molecule has 0 bridgehead atoms.